The van der Waals surface area contributed by atoms with E-state index in [1.165, 1.54) is 5.56 Å². The van der Waals surface area contributed by atoms with Gasteiger partial charge in [0.25, 0.3) is 0 Å². The first kappa shape index (κ1) is 10.9. The highest BCUT2D eigenvalue weighted by atomic mass is 16.5. The zero-order valence-corrected chi connectivity index (χ0v) is 10.0. The first-order valence-electron chi connectivity index (χ1n) is 5.56. The third-order valence-corrected chi connectivity index (χ3v) is 2.59. The Hall–Kier alpha value is -1.63. The van der Waals surface area contributed by atoms with E-state index in [9.17, 15) is 0 Å². The predicted octanol–water partition coefficient (Wildman–Crippen LogP) is 4.50. The Morgan fingerprint density at radius 2 is 1.62 bits per heavy atom. The molecule has 1 heteroatoms. The first-order chi connectivity index (χ1) is 7.55. The van der Waals surface area contributed by atoms with Gasteiger partial charge in [0.05, 0.1) is 0 Å². The van der Waals surface area contributed by atoms with E-state index >= 15 is 0 Å². The van der Waals surface area contributed by atoms with E-state index in [1.807, 2.05) is 36.4 Å². The second kappa shape index (κ2) is 4.09. The van der Waals surface area contributed by atoms with Crippen LogP contribution in [-0.2, 0) is 5.41 Å². The Kier molecular flexibility index (Phi) is 2.78. The van der Waals surface area contributed by atoms with Gasteiger partial charge in [-0.05, 0) is 28.9 Å². The zero-order valence-electron chi connectivity index (χ0n) is 10.0. The molecule has 0 saturated carbocycles. The molecule has 0 radical (unpaired) electrons. The molecule has 0 heterocycles. The monoisotopic (exact) mass is 213 g/mol. The average Bonchev–Trinajstić information content (AvgIpc) is 2.70. The van der Waals surface area contributed by atoms with Gasteiger partial charge < -0.3 is 4.74 Å². The number of benzene rings is 1. The SMILES string of the molecule is CC(C)(C)c1ccc(Oc2cc[cH-]c2)cc1. The third-order valence-electron chi connectivity index (χ3n) is 2.59. The lowest BCUT2D eigenvalue weighted by molar-refractivity contribution is 0.483. The summed E-state index contributed by atoms with van der Waals surface area (Å²) in [6, 6.07) is 16.1. The smallest absolute Gasteiger partial charge is 0.109 e. The van der Waals surface area contributed by atoms with E-state index < -0.39 is 0 Å². The van der Waals surface area contributed by atoms with Gasteiger partial charge in [0.1, 0.15) is 5.75 Å². The minimum absolute atomic E-state index is 0.193. The molecule has 84 valence electrons. The van der Waals surface area contributed by atoms with Gasteiger partial charge in [-0.2, -0.15) is 18.2 Å². The lowest BCUT2D eigenvalue weighted by Gasteiger charge is -2.19. The van der Waals surface area contributed by atoms with Crippen molar-refractivity contribution >= 4 is 0 Å². The van der Waals surface area contributed by atoms with Crippen molar-refractivity contribution in [2.24, 2.45) is 0 Å². The number of hydrogen-bond donors (Lipinski definition) is 0. The van der Waals surface area contributed by atoms with Crippen LogP contribution in [0.15, 0.2) is 48.5 Å². The Morgan fingerprint density at radius 1 is 0.938 bits per heavy atom. The molecule has 0 unspecified atom stereocenters. The summed E-state index contributed by atoms with van der Waals surface area (Å²) in [5.74, 6) is 1.78. The summed E-state index contributed by atoms with van der Waals surface area (Å²) in [7, 11) is 0. The van der Waals surface area contributed by atoms with Crippen LogP contribution in [0.1, 0.15) is 26.3 Å². The fourth-order valence-electron chi connectivity index (χ4n) is 1.58. The molecule has 16 heavy (non-hydrogen) atoms. The summed E-state index contributed by atoms with van der Waals surface area (Å²) >= 11 is 0. The van der Waals surface area contributed by atoms with Crippen LogP contribution < -0.4 is 4.74 Å². The molecule has 2 aromatic rings. The van der Waals surface area contributed by atoms with Crippen LogP contribution in [0.3, 0.4) is 0 Å². The second-order valence-electron chi connectivity index (χ2n) is 5.00. The van der Waals surface area contributed by atoms with Crippen molar-refractivity contribution in [2.45, 2.75) is 26.2 Å². The van der Waals surface area contributed by atoms with Crippen molar-refractivity contribution in [3.8, 4) is 11.5 Å². The van der Waals surface area contributed by atoms with Crippen LogP contribution >= 0.6 is 0 Å². The topological polar surface area (TPSA) is 9.23 Å². The molecule has 0 atom stereocenters. The van der Waals surface area contributed by atoms with E-state index in [1.54, 1.807) is 0 Å². The van der Waals surface area contributed by atoms with Crippen LogP contribution in [0, 0.1) is 0 Å². The maximum atomic E-state index is 5.69. The van der Waals surface area contributed by atoms with Gasteiger partial charge in [-0.3, -0.25) is 0 Å². The maximum Gasteiger partial charge on any atom is 0.109 e. The highest BCUT2D eigenvalue weighted by Gasteiger charge is 2.12. The molecule has 0 aliphatic heterocycles. The summed E-state index contributed by atoms with van der Waals surface area (Å²) in [5.41, 5.74) is 1.51. The Bertz CT molecular complexity index is 429. The molecular weight excluding hydrogens is 196 g/mol. The number of rotatable bonds is 2. The molecule has 0 fully saturated rings. The van der Waals surface area contributed by atoms with Gasteiger partial charge in [0.15, 0.2) is 0 Å². The molecule has 0 bridgehead atoms. The summed E-state index contributed by atoms with van der Waals surface area (Å²) in [6.45, 7) is 6.63. The van der Waals surface area contributed by atoms with E-state index in [2.05, 4.69) is 32.9 Å². The number of ether oxygens (including phenoxy) is 1. The van der Waals surface area contributed by atoms with Crippen molar-refractivity contribution in [1.29, 1.82) is 0 Å². The van der Waals surface area contributed by atoms with Crippen LogP contribution in [0.2, 0.25) is 0 Å². The minimum atomic E-state index is 0.193. The highest BCUT2D eigenvalue weighted by Crippen LogP contribution is 2.26. The Balaban J connectivity index is 2.14. The molecule has 0 saturated heterocycles. The van der Waals surface area contributed by atoms with Crippen LogP contribution in [0.5, 0.6) is 11.5 Å². The predicted molar refractivity (Wildman–Crippen MR) is 67.3 cm³/mol. The van der Waals surface area contributed by atoms with Gasteiger partial charge >= 0.3 is 0 Å². The quantitative estimate of drug-likeness (QED) is 0.667. The van der Waals surface area contributed by atoms with E-state index in [0.717, 1.165) is 11.5 Å². The summed E-state index contributed by atoms with van der Waals surface area (Å²) in [4.78, 5) is 0. The van der Waals surface area contributed by atoms with Crippen LogP contribution in [0.4, 0.5) is 0 Å². The molecule has 0 aliphatic carbocycles. The molecule has 2 aromatic carbocycles. The van der Waals surface area contributed by atoms with Crippen LogP contribution in [-0.4, -0.2) is 0 Å². The summed E-state index contributed by atoms with van der Waals surface area (Å²) in [5, 5.41) is 0. The Labute approximate surface area is 97.1 Å². The maximum absolute atomic E-state index is 5.69. The number of hydrogen-bond acceptors (Lipinski definition) is 1. The molecule has 1 nitrogen and oxygen atoms in total. The van der Waals surface area contributed by atoms with E-state index in [0.29, 0.717) is 0 Å². The van der Waals surface area contributed by atoms with Gasteiger partial charge in [0.2, 0.25) is 0 Å². The molecule has 0 amide bonds. The molecular formula is C15H17O-. The van der Waals surface area contributed by atoms with Gasteiger partial charge in [-0.15, -0.1) is 6.07 Å². The average molecular weight is 213 g/mol. The molecule has 0 spiro atoms. The molecule has 2 rings (SSSR count). The van der Waals surface area contributed by atoms with E-state index in [4.69, 9.17) is 4.74 Å². The molecule has 0 N–H and O–H groups in total. The largest absolute Gasteiger partial charge is 0.528 e. The standard InChI is InChI=1S/C15H17O/c1-15(2,3)12-8-10-14(11-9-12)16-13-6-4-5-7-13/h4-11H,1-3H3/q-1. The minimum Gasteiger partial charge on any atom is -0.528 e. The molecule has 0 aromatic heterocycles. The lowest BCUT2D eigenvalue weighted by Crippen LogP contribution is -2.10. The van der Waals surface area contributed by atoms with E-state index in [-0.39, 0.29) is 5.41 Å². The summed E-state index contributed by atoms with van der Waals surface area (Å²) in [6.07, 6.45) is 0. The normalized spacial score (nSPS) is 11.4. The van der Waals surface area contributed by atoms with Crippen molar-refractivity contribution in [2.75, 3.05) is 0 Å². The van der Waals surface area contributed by atoms with Crippen molar-refractivity contribution in [1.82, 2.24) is 0 Å². The first-order valence-corrected chi connectivity index (χ1v) is 5.56. The third kappa shape index (κ3) is 2.48. The van der Waals surface area contributed by atoms with Gasteiger partial charge in [-0.25, -0.2) is 0 Å². The second-order valence-corrected chi connectivity index (χ2v) is 5.00. The molecule has 0 aliphatic rings. The zero-order chi connectivity index (χ0) is 11.6. The fourth-order valence-corrected chi connectivity index (χ4v) is 1.58. The van der Waals surface area contributed by atoms with Crippen molar-refractivity contribution in [3.63, 3.8) is 0 Å². The lowest BCUT2D eigenvalue weighted by atomic mass is 9.87. The van der Waals surface area contributed by atoms with Gasteiger partial charge in [-0.1, -0.05) is 32.9 Å². The van der Waals surface area contributed by atoms with Crippen molar-refractivity contribution < 1.29 is 4.74 Å². The highest BCUT2D eigenvalue weighted by molar-refractivity contribution is 5.35. The fraction of sp³-hybridized carbons (Fsp3) is 0.267. The van der Waals surface area contributed by atoms with Gasteiger partial charge in [0, 0.05) is 0 Å². The van der Waals surface area contributed by atoms with Crippen LogP contribution in [0.25, 0.3) is 0 Å². The Morgan fingerprint density at radius 3 is 2.12 bits per heavy atom. The van der Waals surface area contributed by atoms with Crippen molar-refractivity contribution in [3.05, 3.63) is 54.1 Å². The summed E-state index contributed by atoms with van der Waals surface area (Å²) < 4.78 is 5.69.